The molecular weight excluding hydrogens is 226 g/mol. The van der Waals surface area contributed by atoms with Crippen molar-refractivity contribution in [2.45, 2.75) is 25.3 Å². The van der Waals surface area contributed by atoms with Crippen LogP contribution in [0.2, 0.25) is 5.02 Å². The second-order valence-electron chi connectivity index (χ2n) is 4.22. The Morgan fingerprint density at radius 1 is 1.50 bits per heavy atom. The molecule has 0 spiro atoms. The maximum absolute atomic E-state index is 11.9. The Balaban J connectivity index is 2.06. The molecule has 3 heterocycles. The summed E-state index contributed by atoms with van der Waals surface area (Å²) in [5, 5.41) is 3.42. The van der Waals surface area contributed by atoms with Crippen molar-refractivity contribution in [1.29, 1.82) is 0 Å². The van der Waals surface area contributed by atoms with Crippen LogP contribution in [-0.4, -0.2) is 23.5 Å². The number of fused-ring (bicyclic) bond motifs is 3. The standard InChI is InChI=1S/C11H12ClN3O/c12-7-5-8-10(13-6-7)15-4-2-1-3-9(15)11(16)14-8/h5-6,9H,1-4H2,(H,14,16). The van der Waals surface area contributed by atoms with Crippen molar-refractivity contribution in [2.24, 2.45) is 0 Å². The summed E-state index contributed by atoms with van der Waals surface area (Å²) in [7, 11) is 0. The Bertz CT molecular complexity index is 449. The van der Waals surface area contributed by atoms with Crippen molar-refractivity contribution in [3.63, 3.8) is 0 Å². The van der Waals surface area contributed by atoms with Gasteiger partial charge >= 0.3 is 0 Å². The van der Waals surface area contributed by atoms with E-state index in [0.29, 0.717) is 5.02 Å². The summed E-state index contributed by atoms with van der Waals surface area (Å²) in [6, 6.07) is 1.71. The van der Waals surface area contributed by atoms with Gasteiger partial charge in [0.15, 0.2) is 5.82 Å². The smallest absolute Gasteiger partial charge is 0.247 e. The monoisotopic (exact) mass is 237 g/mol. The van der Waals surface area contributed by atoms with Gasteiger partial charge in [-0.05, 0) is 25.3 Å². The van der Waals surface area contributed by atoms with E-state index >= 15 is 0 Å². The summed E-state index contributed by atoms with van der Waals surface area (Å²) in [5.41, 5.74) is 0.732. The Labute approximate surface area is 98.6 Å². The number of hydrogen-bond acceptors (Lipinski definition) is 3. The molecule has 5 heteroatoms. The van der Waals surface area contributed by atoms with Gasteiger partial charge in [0.2, 0.25) is 5.91 Å². The lowest BCUT2D eigenvalue weighted by Crippen LogP contribution is -2.50. The van der Waals surface area contributed by atoms with Gasteiger partial charge in [-0.1, -0.05) is 11.6 Å². The number of aromatic nitrogens is 1. The maximum atomic E-state index is 11.9. The highest BCUT2D eigenvalue weighted by molar-refractivity contribution is 6.31. The summed E-state index contributed by atoms with van der Waals surface area (Å²) in [6.07, 6.45) is 4.77. The number of pyridine rings is 1. The molecule has 84 valence electrons. The molecular formula is C11H12ClN3O. The van der Waals surface area contributed by atoms with Crippen LogP contribution in [0.5, 0.6) is 0 Å². The van der Waals surface area contributed by atoms with Crippen LogP contribution in [0.1, 0.15) is 19.3 Å². The topological polar surface area (TPSA) is 45.2 Å². The van der Waals surface area contributed by atoms with E-state index in [1.54, 1.807) is 12.3 Å². The molecule has 16 heavy (non-hydrogen) atoms. The van der Waals surface area contributed by atoms with Crippen LogP contribution in [0.4, 0.5) is 11.5 Å². The Morgan fingerprint density at radius 3 is 3.25 bits per heavy atom. The molecule has 0 bridgehead atoms. The van der Waals surface area contributed by atoms with Crippen LogP contribution < -0.4 is 10.2 Å². The first kappa shape index (κ1) is 9.90. The van der Waals surface area contributed by atoms with Gasteiger partial charge in [0.25, 0.3) is 0 Å². The van der Waals surface area contributed by atoms with Gasteiger partial charge in [-0.3, -0.25) is 4.79 Å². The zero-order valence-electron chi connectivity index (χ0n) is 8.74. The van der Waals surface area contributed by atoms with Crippen LogP contribution in [0.15, 0.2) is 12.3 Å². The Morgan fingerprint density at radius 2 is 2.38 bits per heavy atom. The summed E-state index contributed by atoms with van der Waals surface area (Å²) in [5.74, 6) is 0.921. The number of nitrogens with zero attached hydrogens (tertiary/aromatic N) is 2. The van der Waals surface area contributed by atoms with Gasteiger partial charge in [-0.25, -0.2) is 4.98 Å². The highest BCUT2D eigenvalue weighted by Crippen LogP contribution is 2.35. The molecule has 4 nitrogen and oxygen atoms in total. The first-order chi connectivity index (χ1) is 7.75. The molecule has 0 radical (unpaired) electrons. The second kappa shape index (κ2) is 3.63. The predicted octanol–water partition coefficient (Wildman–Crippen LogP) is 2.05. The third-order valence-corrected chi connectivity index (χ3v) is 3.38. The number of nitrogens with one attached hydrogen (secondary N) is 1. The molecule has 3 rings (SSSR count). The molecule has 1 unspecified atom stereocenters. The van der Waals surface area contributed by atoms with E-state index in [-0.39, 0.29) is 11.9 Å². The number of carbonyl (C=O) groups is 1. The first-order valence-electron chi connectivity index (χ1n) is 5.49. The zero-order valence-corrected chi connectivity index (χ0v) is 9.50. The Hall–Kier alpha value is -1.29. The van der Waals surface area contributed by atoms with Crippen LogP contribution in [0.3, 0.4) is 0 Å². The zero-order chi connectivity index (χ0) is 11.1. The number of amides is 1. The molecule has 1 aromatic rings. The van der Waals surface area contributed by atoms with E-state index in [1.165, 1.54) is 0 Å². The number of hydrogen-bond donors (Lipinski definition) is 1. The number of carbonyl (C=O) groups excluding carboxylic acids is 1. The van der Waals surface area contributed by atoms with Gasteiger partial charge in [0.05, 0.1) is 10.7 Å². The predicted molar refractivity (Wildman–Crippen MR) is 62.9 cm³/mol. The minimum absolute atomic E-state index is 0.0464. The van der Waals surface area contributed by atoms with E-state index in [2.05, 4.69) is 15.2 Å². The molecule has 1 fully saturated rings. The summed E-state index contributed by atoms with van der Waals surface area (Å²) in [4.78, 5) is 18.3. The molecule has 1 atom stereocenters. The number of anilines is 2. The van der Waals surface area contributed by atoms with Gasteiger partial charge in [0, 0.05) is 12.7 Å². The molecule has 2 aliphatic heterocycles. The highest BCUT2D eigenvalue weighted by atomic mass is 35.5. The van der Waals surface area contributed by atoms with Crippen molar-refractivity contribution >= 4 is 29.0 Å². The second-order valence-corrected chi connectivity index (χ2v) is 4.66. The molecule has 1 amide bonds. The van der Waals surface area contributed by atoms with E-state index in [4.69, 9.17) is 11.6 Å². The molecule has 0 saturated carbocycles. The third kappa shape index (κ3) is 1.45. The van der Waals surface area contributed by atoms with Gasteiger partial charge in [-0.15, -0.1) is 0 Å². The van der Waals surface area contributed by atoms with Gasteiger partial charge < -0.3 is 10.2 Å². The highest BCUT2D eigenvalue weighted by Gasteiger charge is 2.35. The van der Waals surface area contributed by atoms with Gasteiger partial charge in [0.1, 0.15) is 6.04 Å². The molecule has 1 N–H and O–H groups in total. The lowest BCUT2D eigenvalue weighted by Gasteiger charge is -2.39. The summed E-state index contributed by atoms with van der Waals surface area (Å²) >= 11 is 5.87. The molecule has 2 aliphatic rings. The first-order valence-corrected chi connectivity index (χ1v) is 5.86. The van der Waals surface area contributed by atoms with Crippen LogP contribution in [0, 0.1) is 0 Å². The molecule has 1 aromatic heterocycles. The number of piperidine rings is 1. The van der Waals surface area contributed by atoms with Gasteiger partial charge in [-0.2, -0.15) is 0 Å². The fourth-order valence-corrected chi connectivity index (χ4v) is 2.58. The van der Waals surface area contributed by atoms with E-state index in [1.807, 2.05) is 0 Å². The minimum atomic E-state index is -0.0464. The number of rotatable bonds is 0. The molecule has 0 aromatic carbocycles. The van der Waals surface area contributed by atoms with E-state index in [9.17, 15) is 4.79 Å². The summed E-state index contributed by atoms with van der Waals surface area (Å²) < 4.78 is 0. The van der Waals surface area contributed by atoms with E-state index in [0.717, 1.165) is 37.3 Å². The molecule has 1 saturated heterocycles. The lowest BCUT2D eigenvalue weighted by atomic mass is 9.99. The SMILES string of the molecule is O=C1Nc2cc(Cl)cnc2N2CCCCC12. The van der Waals surface area contributed by atoms with E-state index < -0.39 is 0 Å². The van der Waals surface area contributed by atoms with Crippen molar-refractivity contribution < 1.29 is 4.79 Å². The third-order valence-electron chi connectivity index (χ3n) is 3.17. The van der Waals surface area contributed by atoms with Crippen LogP contribution >= 0.6 is 11.6 Å². The van der Waals surface area contributed by atoms with Crippen molar-refractivity contribution in [3.8, 4) is 0 Å². The normalized spacial score (nSPS) is 23.4. The van der Waals surface area contributed by atoms with Crippen LogP contribution in [0.25, 0.3) is 0 Å². The fraction of sp³-hybridized carbons (Fsp3) is 0.455. The quantitative estimate of drug-likeness (QED) is 0.751. The Kier molecular flexibility index (Phi) is 2.24. The average Bonchev–Trinajstić information content (AvgIpc) is 2.29. The van der Waals surface area contributed by atoms with Crippen molar-refractivity contribution in [2.75, 3.05) is 16.8 Å². The fourth-order valence-electron chi connectivity index (χ4n) is 2.43. The summed E-state index contributed by atoms with van der Waals surface area (Å²) in [6.45, 7) is 0.902. The minimum Gasteiger partial charge on any atom is -0.343 e. The lowest BCUT2D eigenvalue weighted by molar-refractivity contribution is -0.118. The maximum Gasteiger partial charge on any atom is 0.247 e. The number of halogens is 1. The largest absolute Gasteiger partial charge is 0.343 e. The molecule has 0 aliphatic carbocycles. The average molecular weight is 238 g/mol. The van der Waals surface area contributed by atoms with Crippen molar-refractivity contribution in [3.05, 3.63) is 17.3 Å². The van der Waals surface area contributed by atoms with Crippen LogP contribution in [-0.2, 0) is 4.79 Å². The van der Waals surface area contributed by atoms with Crippen molar-refractivity contribution in [1.82, 2.24) is 4.98 Å².